The average Bonchev–Trinajstić information content (AvgIpc) is 2.87. The second-order valence-corrected chi connectivity index (χ2v) is 11.2. The van der Waals surface area contributed by atoms with E-state index < -0.39 is 33.4 Å². The van der Waals surface area contributed by atoms with Gasteiger partial charge in [-0.15, -0.1) is 0 Å². The Kier molecular flexibility index (Phi) is 9.27. The molecule has 2 aromatic carbocycles. The number of rotatable bonds is 10. The molecule has 0 aliphatic carbocycles. The van der Waals surface area contributed by atoms with Crippen LogP contribution in [0.5, 0.6) is 0 Å². The van der Waals surface area contributed by atoms with Gasteiger partial charge in [0, 0.05) is 32.2 Å². The van der Waals surface area contributed by atoms with Gasteiger partial charge < -0.3 is 9.47 Å². The molecule has 2 atom stereocenters. The normalized spacial score (nSPS) is 20.1. The number of benzene rings is 2. The molecule has 0 aromatic heterocycles. The maximum Gasteiger partial charge on any atom is 0.323 e. The van der Waals surface area contributed by atoms with E-state index in [1.165, 1.54) is 11.4 Å². The van der Waals surface area contributed by atoms with E-state index in [1.807, 2.05) is 37.3 Å². The van der Waals surface area contributed by atoms with Crippen molar-refractivity contribution >= 4 is 22.0 Å². The molecule has 1 saturated heterocycles. The molecule has 9 heteroatoms. The zero-order valence-electron chi connectivity index (χ0n) is 21.4. The van der Waals surface area contributed by atoms with Crippen LogP contribution in [0.4, 0.5) is 0 Å². The second-order valence-electron chi connectivity index (χ2n) is 9.19. The lowest BCUT2D eigenvalue weighted by Gasteiger charge is -2.48. The van der Waals surface area contributed by atoms with Gasteiger partial charge in [0.05, 0.1) is 18.1 Å². The largest absolute Gasteiger partial charge is 0.465 e. The minimum Gasteiger partial charge on any atom is -0.465 e. The van der Waals surface area contributed by atoms with Crippen molar-refractivity contribution in [2.24, 2.45) is 5.41 Å². The van der Waals surface area contributed by atoms with Crippen molar-refractivity contribution in [3.05, 3.63) is 66.2 Å². The third-order valence-electron chi connectivity index (χ3n) is 6.72. The lowest BCUT2D eigenvalue weighted by molar-refractivity contribution is -0.180. The Morgan fingerprint density at radius 1 is 0.944 bits per heavy atom. The Labute approximate surface area is 214 Å². The summed E-state index contributed by atoms with van der Waals surface area (Å²) in [6.07, 6.45) is 0.319. The molecule has 2 unspecified atom stereocenters. The highest BCUT2D eigenvalue weighted by Crippen LogP contribution is 2.42. The minimum absolute atomic E-state index is 0.0922. The van der Waals surface area contributed by atoms with Gasteiger partial charge in [0.2, 0.25) is 10.0 Å². The summed E-state index contributed by atoms with van der Waals surface area (Å²) in [4.78, 5) is 28.8. The number of ether oxygens (including phenoxy) is 2. The summed E-state index contributed by atoms with van der Waals surface area (Å²) in [5.74, 6) is -1.23. The average molecular weight is 517 g/mol. The van der Waals surface area contributed by atoms with Gasteiger partial charge in [-0.2, -0.15) is 4.31 Å². The van der Waals surface area contributed by atoms with Gasteiger partial charge in [-0.05, 0) is 51.3 Å². The standard InChI is InChI=1S/C27H36N2O6S/c1-5-34-25(30)27(26(31)35-6-2)17-21(3)29(19-22-13-9-7-10-14-22)23(18-27)20-28(4)36(32,33)24-15-11-8-12-16-24/h7-16,21,23H,5-6,17-20H2,1-4H3. The van der Waals surface area contributed by atoms with Gasteiger partial charge in [-0.3, -0.25) is 14.5 Å². The maximum atomic E-state index is 13.3. The van der Waals surface area contributed by atoms with E-state index in [0.29, 0.717) is 6.54 Å². The van der Waals surface area contributed by atoms with E-state index in [4.69, 9.17) is 9.47 Å². The van der Waals surface area contributed by atoms with Crippen LogP contribution in [0.3, 0.4) is 0 Å². The monoisotopic (exact) mass is 516 g/mol. The molecule has 36 heavy (non-hydrogen) atoms. The number of likely N-dealkylation sites (tertiary alicyclic amines) is 1. The van der Waals surface area contributed by atoms with Crippen molar-refractivity contribution in [3.8, 4) is 0 Å². The molecule has 8 nitrogen and oxygen atoms in total. The number of hydrogen-bond acceptors (Lipinski definition) is 7. The number of likely N-dealkylation sites (N-methyl/N-ethyl adjacent to an activating group) is 1. The van der Waals surface area contributed by atoms with Crippen molar-refractivity contribution in [1.82, 2.24) is 9.21 Å². The van der Waals surface area contributed by atoms with Crippen LogP contribution >= 0.6 is 0 Å². The molecule has 2 aromatic rings. The third-order valence-corrected chi connectivity index (χ3v) is 8.56. The summed E-state index contributed by atoms with van der Waals surface area (Å²) < 4.78 is 38.6. The number of carbonyl (C=O) groups excluding carboxylic acids is 2. The topological polar surface area (TPSA) is 93.2 Å². The number of esters is 2. The van der Waals surface area contributed by atoms with E-state index in [0.717, 1.165) is 5.56 Å². The first-order valence-corrected chi connectivity index (χ1v) is 13.7. The van der Waals surface area contributed by atoms with Crippen molar-refractivity contribution in [3.63, 3.8) is 0 Å². The first kappa shape index (κ1) is 27.8. The zero-order valence-corrected chi connectivity index (χ0v) is 22.2. The Balaban J connectivity index is 2.00. The smallest absolute Gasteiger partial charge is 0.323 e. The van der Waals surface area contributed by atoms with Gasteiger partial charge in [-0.1, -0.05) is 48.5 Å². The Morgan fingerprint density at radius 3 is 2.00 bits per heavy atom. The van der Waals surface area contributed by atoms with Crippen LogP contribution in [0, 0.1) is 5.41 Å². The molecule has 0 spiro atoms. The Morgan fingerprint density at radius 2 is 1.47 bits per heavy atom. The number of sulfonamides is 1. The third kappa shape index (κ3) is 5.96. The van der Waals surface area contributed by atoms with Crippen LogP contribution in [0.2, 0.25) is 0 Å². The summed E-state index contributed by atoms with van der Waals surface area (Å²) in [5.41, 5.74) is -0.441. The molecule has 1 aliphatic rings. The predicted octanol–water partition coefficient (Wildman–Crippen LogP) is 3.47. The first-order chi connectivity index (χ1) is 17.2. The molecule has 0 saturated carbocycles. The fourth-order valence-electron chi connectivity index (χ4n) is 4.96. The lowest BCUT2D eigenvalue weighted by Crippen LogP contribution is -2.60. The highest BCUT2D eigenvalue weighted by Gasteiger charge is 2.55. The molecule has 3 rings (SSSR count). The molecule has 196 valence electrons. The van der Waals surface area contributed by atoms with Crippen LogP contribution in [-0.2, 0) is 35.6 Å². The van der Waals surface area contributed by atoms with Gasteiger partial charge in [0.1, 0.15) is 0 Å². The summed E-state index contributed by atoms with van der Waals surface area (Å²) in [5, 5.41) is 0. The predicted molar refractivity (Wildman–Crippen MR) is 136 cm³/mol. The van der Waals surface area contributed by atoms with Gasteiger partial charge in [0.25, 0.3) is 0 Å². The Bertz CT molecular complexity index is 1110. The van der Waals surface area contributed by atoms with E-state index >= 15 is 0 Å². The van der Waals surface area contributed by atoms with Gasteiger partial charge in [-0.25, -0.2) is 8.42 Å². The molecule has 1 aliphatic heterocycles. The summed E-state index contributed by atoms with van der Waals surface area (Å²) in [7, 11) is -2.25. The number of hydrogen-bond donors (Lipinski definition) is 0. The molecule has 1 heterocycles. The van der Waals surface area contributed by atoms with Crippen LogP contribution in [-0.4, -0.2) is 68.5 Å². The van der Waals surface area contributed by atoms with E-state index in [9.17, 15) is 18.0 Å². The molecule has 0 bridgehead atoms. The number of carbonyl (C=O) groups is 2. The number of nitrogens with zero attached hydrogens (tertiary/aromatic N) is 2. The molecule has 1 fully saturated rings. The molecular formula is C27H36N2O6S. The maximum absolute atomic E-state index is 13.3. The number of piperidine rings is 1. The summed E-state index contributed by atoms with van der Waals surface area (Å²) >= 11 is 0. The highest BCUT2D eigenvalue weighted by atomic mass is 32.2. The van der Waals surface area contributed by atoms with Crippen molar-refractivity contribution in [1.29, 1.82) is 0 Å². The van der Waals surface area contributed by atoms with Crippen molar-refractivity contribution < 1.29 is 27.5 Å². The fourth-order valence-corrected chi connectivity index (χ4v) is 6.18. The molecule has 0 N–H and O–H groups in total. The Hall–Kier alpha value is -2.75. The molecule has 0 amide bonds. The summed E-state index contributed by atoms with van der Waals surface area (Å²) in [6.45, 7) is 6.26. The molecular weight excluding hydrogens is 480 g/mol. The fraction of sp³-hybridized carbons (Fsp3) is 0.481. The van der Waals surface area contributed by atoms with E-state index in [1.54, 1.807) is 44.2 Å². The van der Waals surface area contributed by atoms with Crippen molar-refractivity contribution in [2.45, 2.75) is 57.1 Å². The van der Waals surface area contributed by atoms with Crippen LogP contribution in [0.15, 0.2) is 65.6 Å². The van der Waals surface area contributed by atoms with Crippen LogP contribution in [0.25, 0.3) is 0 Å². The summed E-state index contributed by atoms with van der Waals surface area (Å²) in [6, 6.07) is 17.4. The first-order valence-electron chi connectivity index (χ1n) is 12.3. The van der Waals surface area contributed by atoms with E-state index in [2.05, 4.69) is 4.90 Å². The quantitative estimate of drug-likeness (QED) is 0.353. The van der Waals surface area contributed by atoms with Gasteiger partial charge in [0.15, 0.2) is 5.41 Å². The lowest BCUT2D eigenvalue weighted by atomic mass is 9.72. The second kappa shape index (κ2) is 12.0. The molecule has 0 radical (unpaired) electrons. The SMILES string of the molecule is CCOC(=O)C1(C(=O)OCC)CC(C)N(Cc2ccccc2)C(CN(C)S(=O)(=O)c2ccccc2)C1. The zero-order chi connectivity index (χ0) is 26.3. The van der Waals surface area contributed by atoms with Gasteiger partial charge >= 0.3 is 11.9 Å². The minimum atomic E-state index is -3.78. The van der Waals surface area contributed by atoms with Crippen LogP contribution < -0.4 is 0 Å². The van der Waals surface area contributed by atoms with Crippen molar-refractivity contribution in [2.75, 3.05) is 26.8 Å². The van der Waals surface area contributed by atoms with E-state index in [-0.39, 0.29) is 43.5 Å². The highest BCUT2D eigenvalue weighted by molar-refractivity contribution is 7.89. The van der Waals surface area contributed by atoms with Crippen LogP contribution in [0.1, 0.15) is 39.2 Å².